The molecule has 0 amide bonds. The summed E-state index contributed by atoms with van der Waals surface area (Å²) in [7, 11) is 0. The predicted octanol–water partition coefficient (Wildman–Crippen LogP) is 3.51. The van der Waals surface area contributed by atoms with Crippen LogP contribution in [0.25, 0.3) is 0 Å². The average Bonchev–Trinajstić information content (AvgIpc) is 2.30. The normalized spacial score (nSPS) is 10.1. The highest BCUT2D eigenvalue weighted by atomic mass is 19.1. The lowest BCUT2D eigenvalue weighted by Crippen LogP contribution is -1.99. The van der Waals surface area contributed by atoms with Crippen LogP contribution >= 0.6 is 0 Å². The smallest absolute Gasteiger partial charge is 0.172 e. The third kappa shape index (κ3) is 2.40. The lowest BCUT2D eigenvalue weighted by atomic mass is 10.1. The van der Waals surface area contributed by atoms with Gasteiger partial charge in [-0.2, -0.15) is 0 Å². The molecule has 0 N–H and O–H groups in total. The second-order valence-electron chi connectivity index (χ2n) is 3.56. The third-order valence-electron chi connectivity index (χ3n) is 2.41. The molecule has 0 unspecified atom stereocenters. The minimum absolute atomic E-state index is 0.241. The molecule has 2 rings (SSSR count). The Morgan fingerprint density at radius 3 is 2.75 bits per heavy atom. The summed E-state index contributed by atoms with van der Waals surface area (Å²) in [5.74, 6) is -0.207. The zero-order valence-electron chi connectivity index (χ0n) is 9.03. The highest BCUT2D eigenvalue weighted by Crippen LogP contribution is 2.17. The Balaban J connectivity index is 2.09. The number of halogens is 1. The van der Waals surface area contributed by atoms with Gasteiger partial charge in [0.1, 0.15) is 6.61 Å². The Labute approximate surface area is 94.5 Å². The molecule has 2 heteroatoms. The van der Waals surface area contributed by atoms with E-state index in [1.54, 1.807) is 12.1 Å². The fraction of sp³-hybridized carbons (Fsp3) is 0.143. The molecule has 0 spiro atoms. The van der Waals surface area contributed by atoms with E-state index >= 15 is 0 Å². The first-order valence-corrected chi connectivity index (χ1v) is 5.11. The van der Waals surface area contributed by atoms with Gasteiger partial charge in [0.25, 0.3) is 0 Å². The average molecular weight is 215 g/mol. The van der Waals surface area contributed by atoms with E-state index in [0.717, 1.165) is 11.1 Å². The van der Waals surface area contributed by atoms with E-state index in [0.29, 0.717) is 6.61 Å². The van der Waals surface area contributed by atoms with Crippen LogP contribution in [0.2, 0.25) is 0 Å². The number of benzene rings is 2. The molecular formula is C14H12FO. The largest absolute Gasteiger partial charge is 0.486 e. The van der Waals surface area contributed by atoms with Crippen LogP contribution in [0.5, 0.6) is 5.75 Å². The molecule has 0 saturated carbocycles. The summed E-state index contributed by atoms with van der Waals surface area (Å²) >= 11 is 0. The standard InChI is InChI=1S/C14H12FO/c1-11-6-2-3-7-12(11)10-16-14-9-5-4-8-13(14)15/h2-7,9H,10H2,1H3. The molecule has 16 heavy (non-hydrogen) atoms. The van der Waals surface area contributed by atoms with Crippen molar-refractivity contribution in [1.29, 1.82) is 0 Å². The molecule has 0 fully saturated rings. The fourth-order valence-corrected chi connectivity index (χ4v) is 1.44. The van der Waals surface area contributed by atoms with E-state index < -0.39 is 5.82 Å². The summed E-state index contributed by atoms with van der Waals surface area (Å²) in [5, 5.41) is 0. The van der Waals surface area contributed by atoms with Crippen molar-refractivity contribution in [2.24, 2.45) is 0 Å². The van der Waals surface area contributed by atoms with Crippen LogP contribution in [0.3, 0.4) is 0 Å². The Morgan fingerprint density at radius 2 is 2.00 bits per heavy atom. The van der Waals surface area contributed by atoms with Gasteiger partial charge in [0, 0.05) is 6.07 Å². The highest BCUT2D eigenvalue weighted by molar-refractivity contribution is 5.27. The molecule has 1 nitrogen and oxygen atoms in total. The lowest BCUT2D eigenvalue weighted by Gasteiger charge is -2.08. The highest BCUT2D eigenvalue weighted by Gasteiger charge is 2.03. The van der Waals surface area contributed by atoms with Crippen molar-refractivity contribution in [3.05, 3.63) is 65.5 Å². The zero-order chi connectivity index (χ0) is 11.4. The van der Waals surface area contributed by atoms with Crippen LogP contribution < -0.4 is 4.74 Å². The van der Waals surface area contributed by atoms with Gasteiger partial charge in [-0.15, -0.1) is 0 Å². The SMILES string of the molecule is Cc1ccccc1COc1ccc[c]c1F. The minimum Gasteiger partial charge on any atom is -0.486 e. The van der Waals surface area contributed by atoms with Crippen molar-refractivity contribution < 1.29 is 9.13 Å². The van der Waals surface area contributed by atoms with E-state index in [1.807, 2.05) is 31.2 Å². The first-order chi connectivity index (χ1) is 7.77. The Kier molecular flexibility index (Phi) is 3.20. The van der Waals surface area contributed by atoms with Gasteiger partial charge >= 0.3 is 0 Å². The van der Waals surface area contributed by atoms with Gasteiger partial charge in [-0.1, -0.05) is 36.4 Å². The molecule has 0 aromatic heterocycles. The molecule has 0 saturated heterocycles. The van der Waals surface area contributed by atoms with Crippen LogP contribution in [0.1, 0.15) is 11.1 Å². The molecule has 0 aliphatic heterocycles. The van der Waals surface area contributed by atoms with Crippen molar-refractivity contribution in [2.45, 2.75) is 13.5 Å². The van der Waals surface area contributed by atoms with Crippen LogP contribution in [-0.4, -0.2) is 0 Å². The van der Waals surface area contributed by atoms with Gasteiger partial charge in [0.2, 0.25) is 0 Å². The van der Waals surface area contributed by atoms with Gasteiger partial charge in [0.05, 0.1) is 0 Å². The molecular weight excluding hydrogens is 203 g/mol. The number of hydrogen-bond acceptors (Lipinski definition) is 1. The predicted molar refractivity (Wildman–Crippen MR) is 60.7 cm³/mol. The van der Waals surface area contributed by atoms with E-state index in [9.17, 15) is 4.39 Å². The first kappa shape index (κ1) is 10.7. The number of rotatable bonds is 3. The summed E-state index contributed by atoms with van der Waals surface area (Å²) in [6.45, 7) is 2.38. The monoisotopic (exact) mass is 215 g/mol. The molecule has 81 valence electrons. The molecule has 0 atom stereocenters. The van der Waals surface area contributed by atoms with Crippen LogP contribution in [0.4, 0.5) is 4.39 Å². The molecule has 2 aromatic carbocycles. The Bertz CT molecular complexity index is 434. The molecule has 0 aliphatic rings. The summed E-state index contributed by atoms with van der Waals surface area (Å²) in [6, 6.07) is 15.2. The van der Waals surface area contributed by atoms with Gasteiger partial charge in [-0.05, 0) is 24.1 Å². The van der Waals surface area contributed by atoms with Crippen LogP contribution in [0.15, 0.2) is 42.5 Å². The topological polar surface area (TPSA) is 9.23 Å². The van der Waals surface area contributed by atoms with Crippen molar-refractivity contribution in [3.63, 3.8) is 0 Å². The Morgan fingerprint density at radius 1 is 1.19 bits per heavy atom. The summed E-state index contributed by atoms with van der Waals surface area (Å²) in [4.78, 5) is 0. The van der Waals surface area contributed by atoms with E-state index in [-0.39, 0.29) is 5.75 Å². The van der Waals surface area contributed by atoms with E-state index in [1.165, 1.54) is 6.07 Å². The quantitative estimate of drug-likeness (QED) is 0.761. The number of aryl methyl sites for hydroxylation is 1. The summed E-state index contributed by atoms with van der Waals surface area (Å²) in [6.07, 6.45) is 0. The lowest BCUT2D eigenvalue weighted by molar-refractivity contribution is 0.289. The molecule has 0 bridgehead atoms. The summed E-state index contributed by atoms with van der Waals surface area (Å²) in [5.41, 5.74) is 2.20. The second kappa shape index (κ2) is 4.79. The van der Waals surface area contributed by atoms with Gasteiger partial charge < -0.3 is 4.74 Å². The summed E-state index contributed by atoms with van der Waals surface area (Å²) < 4.78 is 18.6. The number of hydrogen-bond donors (Lipinski definition) is 0. The molecule has 0 aliphatic carbocycles. The first-order valence-electron chi connectivity index (χ1n) is 5.11. The van der Waals surface area contributed by atoms with Crippen molar-refractivity contribution in [2.75, 3.05) is 0 Å². The van der Waals surface area contributed by atoms with E-state index in [4.69, 9.17) is 4.74 Å². The number of ether oxygens (including phenoxy) is 1. The second-order valence-corrected chi connectivity index (χ2v) is 3.56. The minimum atomic E-state index is -0.448. The maximum absolute atomic E-state index is 13.2. The van der Waals surface area contributed by atoms with Crippen LogP contribution in [-0.2, 0) is 6.61 Å². The molecule has 2 aromatic rings. The maximum Gasteiger partial charge on any atom is 0.172 e. The molecule has 1 radical (unpaired) electrons. The van der Waals surface area contributed by atoms with E-state index in [2.05, 4.69) is 6.07 Å². The van der Waals surface area contributed by atoms with Gasteiger partial charge in [-0.25, -0.2) is 4.39 Å². The fourth-order valence-electron chi connectivity index (χ4n) is 1.44. The Hall–Kier alpha value is -1.83. The van der Waals surface area contributed by atoms with Crippen molar-refractivity contribution in [3.8, 4) is 5.75 Å². The maximum atomic E-state index is 13.2. The van der Waals surface area contributed by atoms with Crippen LogP contribution in [0, 0.1) is 18.8 Å². The van der Waals surface area contributed by atoms with Crippen molar-refractivity contribution >= 4 is 0 Å². The molecule has 0 heterocycles. The third-order valence-corrected chi connectivity index (χ3v) is 2.41. The van der Waals surface area contributed by atoms with Gasteiger partial charge in [-0.3, -0.25) is 0 Å². The zero-order valence-corrected chi connectivity index (χ0v) is 9.03. The van der Waals surface area contributed by atoms with Gasteiger partial charge in [0.15, 0.2) is 11.6 Å². The van der Waals surface area contributed by atoms with Crippen molar-refractivity contribution in [1.82, 2.24) is 0 Å².